The van der Waals surface area contributed by atoms with Crippen LogP contribution < -0.4 is 5.32 Å². The molecule has 0 bridgehead atoms. The molecule has 0 spiro atoms. The second kappa shape index (κ2) is 6.85. The van der Waals surface area contributed by atoms with Gasteiger partial charge in [-0.05, 0) is 29.8 Å². The van der Waals surface area contributed by atoms with Gasteiger partial charge in [-0.3, -0.25) is 4.79 Å². The maximum atomic E-state index is 12.3. The van der Waals surface area contributed by atoms with Gasteiger partial charge < -0.3 is 5.32 Å². The van der Waals surface area contributed by atoms with E-state index in [1.54, 1.807) is 0 Å². The highest BCUT2D eigenvalue weighted by Crippen LogP contribution is 2.26. The van der Waals surface area contributed by atoms with E-state index < -0.39 is 0 Å². The Kier molecular flexibility index (Phi) is 5.95. The first-order chi connectivity index (χ1) is 9.17. The van der Waals surface area contributed by atoms with Crippen molar-refractivity contribution in [2.45, 2.75) is 52.9 Å². The molecule has 0 atom stereocenters. The van der Waals surface area contributed by atoms with E-state index in [9.17, 15) is 4.79 Å². The van der Waals surface area contributed by atoms with Crippen molar-refractivity contribution in [3.63, 3.8) is 0 Å². The molecule has 0 aromatic carbocycles. The van der Waals surface area contributed by atoms with E-state index in [-0.39, 0.29) is 16.7 Å². The Bertz CT molecular complexity index is 452. The molecule has 6 heteroatoms. The number of rotatable bonds is 6. The molecule has 0 aliphatic heterocycles. The molecule has 0 aliphatic carbocycles. The highest BCUT2D eigenvalue weighted by molar-refractivity contribution is 7.08. The Morgan fingerprint density at radius 2 is 1.95 bits per heavy atom. The zero-order valence-electron chi connectivity index (χ0n) is 12.9. The van der Waals surface area contributed by atoms with Gasteiger partial charge in [0.25, 0.3) is 5.91 Å². The summed E-state index contributed by atoms with van der Waals surface area (Å²) in [4.78, 5) is 12.9. The molecule has 1 amide bonds. The number of aromatic nitrogens is 2. The molecule has 4 nitrogen and oxygen atoms in total. The number of carbonyl (C=O) groups excluding carboxylic acids is 1. The second-order valence-corrected chi connectivity index (χ2v) is 7.97. The number of alkyl halides is 1. The van der Waals surface area contributed by atoms with E-state index in [4.69, 9.17) is 11.6 Å². The highest BCUT2D eigenvalue weighted by atomic mass is 35.5. The Balaban J connectivity index is 2.67. The fourth-order valence-corrected chi connectivity index (χ4v) is 2.79. The number of amides is 1. The lowest BCUT2D eigenvalue weighted by Crippen LogP contribution is -2.34. The van der Waals surface area contributed by atoms with Crippen molar-refractivity contribution in [1.82, 2.24) is 14.9 Å². The summed E-state index contributed by atoms with van der Waals surface area (Å²) in [5, 5.41) is 7.09. The predicted molar refractivity (Wildman–Crippen MR) is 84.7 cm³/mol. The van der Waals surface area contributed by atoms with Crippen molar-refractivity contribution in [1.29, 1.82) is 0 Å². The molecule has 1 aromatic heterocycles. The molecule has 0 saturated carbocycles. The zero-order valence-corrected chi connectivity index (χ0v) is 14.5. The molecular formula is C14H24ClN3OS. The third-order valence-electron chi connectivity index (χ3n) is 3.12. The van der Waals surface area contributed by atoms with Gasteiger partial charge in [-0.25, -0.2) is 0 Å². The Labute approximate surface area is 130 Å². The van der Waals surface area contributed by atoms with Crippen LogP contribution in [0.15, 0.2) is 0 Å². The van der Waals surface area contributed by atoms with Gasteiger partial charge in [0, 0.05) is 17.8 Å². The third kappa shape index (κ3) is 5.02. The molecule has 0 fully saturated rings. The third-order valence-corrected chi connectivity index (χ3v) is 4.11. The first kappa shape index (κ1) is 17.4. The van der Waals surface area contributed by atoms with Gasteiger partial charge in [-0.15, -0.1) is 16.7 Å². The zero-order chi connectivity index (χ0) is 15.4. The molecule has 1 aromatic rings. The smallest absolute Gasteiger partial charge is 0.264 e. The number of hydrogen-bond donors (Lipinski definition) is 1. The summed E-state index contributed by atoms with van der Waals surface area (Å²) in [6.07, 6.45) is 1.95. The minimum Gasteiger partial charge on any atom is -0.351 e. The standard InChI is InChI=1S/C14H24ClN3OS/c1-13(2,3)11-10(20-18-17-11)12(19)16-9-14(4,5)7-6-8-15/h6-9H2,1-5H3,(H,16,19). The van der Waals surface area contributed by atoms with Crippen molar-refractivity contribution >= 4 is 29.0 Å². The van der Waals surface area contributed by atoms with Crippen LogP contribution in [0.2, 0.25) is 0 Å². The highest BCUT2D eigenvalue weighted by Gasteiger charge is 2.27. The van der Waals surface area contributed by atoms with Crippen LogP contribution in [0, 0.1) is 5.41 Å². The lowest BCUT2D eigenvalue weighted by molar-refractivity contribution is 0.0936. The topological polar surface area (TPSA) is 54.9 Å². The first-order valence-corrected chi connectivity index (χ1v) is 8.15. The number of nitrogens with one attached hydrogen (secondary N) is 1. The number of halogens is 1. The monoisotopic (exact) mass is 317 g/mol. The summed E-state index contributed by atoms with van der Waals surface area (Å²) in [5.74, 6) is 0.577. The summed E-state index contributed by atoms with van der Waals surface area (Å²) in [5.41, 5.74) is 0.636. The van der Waals surface area contributed by atoms with Crippen molar-refractivity contribution in [3.8, 4) is 0 Å². The molecule has 0 unspecified atom stereocenters. The maximum absolute atomic E-state index is 12.3. The molecule has 1 N–H and O–H groups in total. The van der Waals surface area contributed by atoms with E-state index >= 15 is 0 Å². The number of nitrogens with zero attached hydrogens (tertiary/aromatic N) is 2. The lowest BCUT2D eigenvalue weighted by Gasteiger charge is -2.24. The molecule has 1 heterocycles. The van der Waals surface area contributed by atoms with E-state index in [1.165, 1.54) is 0 Å². The lowest BCUT2D eigenvalue weighted by atomic mass is 9.88. The first-order valence-electron chi connectivity index (χ1n) is 6.84. The second-order valence-electron chi connectivity index (χ2n) is 6.84. The largest absolute Gasteiger partial charge is 0.351 e. The summed E-state index contributed by atoms with van der Waals surface area (Å²) in [7, 11) is 0. The Hall–Kier alpha value is -0.680. The molecular weight excluding hydrogens is 294 g/mol. The van der Waals surface area contributed by atoms with Crippen LogP contribution in [0.25, 0.3) is 0 Å². The average Bonchev–Trinajstić information content (AvgIpc) is 2.82. The van der Waals surface area contributed by atoms with Crippen molar-refractivity contribution in [2.75, 3.05) is 12.4 Å². The van der Waals surface area contributed by atoms with Gasteiger partial charge in [0.2, 0.25) is 0 Å². The number of hydrogen-bond acceptors (Lipinski definition) is 4. The SMILES string of the molecule is CC(C)(CCCCl)CNC(=O)c1snnc1C(C)(C)C. The molecule has 20 heavy (non-hydrogen) atoms. The van der Waals surface area contributed by atoms with Gasteiger partial charge >= 0.3 is 0 Å². The van der Waals surface area contributed by atoms with Crippen molar-refractivity contribution in [3.05, 3.63) is 10.6 Å². The van der Waals surface area contributed by atoms with Crippen LogP contribution in [0.1, 0.15) is 62.8 Å². The van der Waals surface area contributed by atoms with Crippen LogP contribution in [0.4, 0.5) is 0 Å². The molecule has 0 aliphatic rings. The van der Waals surface area contributed by atoms with E-state index in [1.807, 2.05) is 20.8 Å². The van der Waals surface area contributed by atoms with Gasteiger partial charge in [0.15, 0.2) is 0 Å². The minimum absolute atomic E-state index is 0.0462. The van der Waals surface area contributed by atoms with Gasteiger partial charge in [-0.2, -0.15) is 0 Å². The fraction of sp³-hybridized carbons (Fsp3) is 0.786. The van der Waals surface area contributed by atoms with Crippen LogP contribution >= 0.6 is 23.1 Å². The van der Waals surface area contributed by atoms with Crippen molar-refractivity contribution in [2.24, 2.45) is 5.41 Å². The summed E-state index contributed by atoms with van der Waals surface area (Å²) < 4.78 is 3.92. The Morgan fingerprint density at radius 1 is 1.30 bits per heavy atom. The molecule has 0 radical (unpaired) electrons. The summed E-state index contributed by atoms with van der Waals surface area (Å²) in [6, 6.07) is 0. The summed E-state index contributed by atoms with van der Waals surface area (Å²) in [6.45, 7) is 11.0. The van der Waals surface area contributed by atoms with Crippen molar-refractivity contribution < 1.29 is 4.79 Å². The van der Waals surface area contributed by atoms with Gasteiger partial charge in [0.05, 0.1) is 5.69 Å². The number of carbonyl (C=O) groups is 1. The average molecular weight is 318 g/mol. The van der Waals surface area contributed by atoms with E-state index in [0.29, 0.717) is 17.3 Å². The van der Waals surface area contributed by atoms with Crippen LogP contribution in [0.3, 0.4) is 0 Å². The van der Waals surface area contributed by atoms with Gasteiger partial charge in [0.1, 0.15) is 4.88 Å². The van der Waals surface area contributed by atoms with E-state index in [2.05, 4.69) is 28.8 Å². The maximum Gasteiger partial charge on any atom is 0.264 e. The van der Waals surface area contributed by atoms with Crippen LogP contribution in [0.5, 0.6) is 0 Å². The van der Waals surface area contributed by atoms with E-state index in [0.717, 1.165) is 30.1 Å². The Morgan fingerprint density at radius 3 is 2.50 bits per heavy atom. The van der Waals surface area contributed by atoms with Gasteiger partial charge in [-0.1, -0.05) is 39.1 Å². The fourth-order valence-electron chi connectivity index (χ4n) is 1.86. The molecule has 0 saturated heterocycles. The molecule has 114 valence electrons. The van der Waals surface area contributed by atoms with Crippen LogP contribution in [-0.2, 0) is 5.41 Å². The minimum atomic E-state index is -0.173. The predicted octanol–water partition coefficient (Wildman–Crippen LogP) is 3.61. The van der Waals surface area contributed by atoms with Crippen LogP contribution in [-0.4, -0.2) is 27.9 Å². The summed E-state index contributed by atoms with van der Waals surface area (Å²) >= 11 is 6.88. The normalized spacial score (nSPS) is 12.5. The molecule has 1 rings (SSSR count). The quantitative estimate of drug-likeness (QED) is 0.815.